The monoisotopic (exact) mass is 373 g/mol. The van der Waals surface area contributed by atoms with Gasteiger partial charge in [-0.15, -0.1) is 0 Å². The van der Waals surface area contributed by atoms with E-state index in [1.165, 1.54) is 63.2 Å². The Morgan fingerprint density at radius 3 is 2.33 bits per heavy atom. The van der Waals surface area contributed by atoms with Crippen LogP contribution in [0.5, 0.6) is 0 Å². The van der Waals surface area contributed by atoms with Gasteiger partial charge in [-0.25, -0.2) is 0 Å². The van der Waals surface area contributed by atoms with Gasteiger partial charge in [-0.1, -0.05) is 43.7 Å². The summed E-state index contributed by atoms with van der Waals surface area (Å²) >= 11 is 0. The van der Waals surface area contributed by atoms with E-state index in [9.17, 15) is 0 Å². The number of benzene rings is 1. The molecule has 1 unspecified atom stereocenters. The van der Waals surface area contributed by atoms with Gasteiger partial charge in [0.1, 0.15) is 0 Å². The highest BCUT2D eigenvalue weighted by molar-refractivity contribution is 5.79. The van der Waals surface area contributed by atoms with E-state index in [1.807, 2.05) is 7.05 Å². The van der Waals surface area contributed by atoms with E-state index in [4.69, 9.17) is 0 Å². The van der Waals surface area contributed by atoms with Crippen LogP contribution >= 0.6 is 0 Å². The molecule has 1 aliphatic heterocycles. The lowest BCUT2D eigenvalue weighted by Crippen LogP contribution is -2.46. The second-order valence-corrected chi connectivity index (χ2v) is 7.67. The minimum atomic E-state index is 0.464. The van der Waals surface area contributed by atoms with Crippen LogP contribution < -0.4 is 10.6 Å². The normalized spacial score (nSPS) is 17.7. The van der Waals surface area contributed by atoms with Crippen molar-refractivity contribution < 1.29 is 0 Å². The summed E-state index contributed by atoms with van der Waals surface area (Å²) in [6, 6.07) is 8.80. The van der Waals surface area contributed by atoms with E-state index in [0.29, 0.717) is 5.92 Å². The summed E-state index contributed by atoms with van der Waals surface area (Å²) in [5.41, 5.74) is 2.68. The molecule has 0 bridgehead atoms. The number of hydrogen-bond acceptors (Lipinski definition) is 3. The molecule has 1 heterocycles. The second kappa shape index (κ2) is 12.0. The van der Waals surface area contributed by atoms with Crippen LogP contribution in [0.25, 0.3) is 0 Å². The van der Waals surface area contributed by atoms with Crippen LogP contribution in [0.15, 0.2) is 29.3 Å². The lowest BCUT2D eigenvalue weighted by atomic mass is 10.0. The fourth-order valence-electron chi connectivity index (χ4n) is 3.48. The standard InChI is InChI=1S/C22H39N5/c1-5-26-14-16-27(17-15-26)13-7-6-12-24-22(23-4)25-18-20(3)21-10-8-19(2)9-11-21/h8-11,20H,5-7,12-18H2,1-4H3,(H2,23,24,25). The van der Waals surface area contributed by atoms with Gasteiger partial charge in [0.15, 0.2) is 5.96 Å². The molecule has 152 valence electrons. The molecule has 1 aromatic rings. The van der Waals surface area contributed by atoms with Crippen molar-refractivity contribution in [2.75, 3.05) is 59.4 Å². The van der Waals surface area contributed by atoms with Gasteiger partial charge in [0.25, 0.3) is 0 Å². The van der Waals surface area contributed by atoms with Crippen LogP contribution in [0.3, 0.4) is 0 Å². The van der Waals surface area contributed by atoms with Crippen LogP contribution in [0.2, 0.25) is 0 Å². The maximum absolute atomic E-state index is 4.35. The van der Waals surface area contributed by atoms with E-state index in [2.05, 4.69) is 70.5 Å². The molecule has 1 aromatic carbocycles. The lowest BCUT2D eigenvalue weighted by molar-refractivity contribution is 0.136. The van der Waals surface area contributed by atoms with Crippen molar-refractivity contribution in [3.8, 4) is 0 Å². The SMILES string of the molecule is CCN1CCN(CCCCNC(=NC)NCC(C)c2ccc(C)cc2)CC1. The van der Waals surface area contributed by atoms with Crippen molar-refractivity contribution in [1.82, 2.24) is 20.4 Å². The molecule has 1 atom stereocenters. The zero-order valence-electron chi connectivity index (χ0n) is 17.8. The predicted molar refractivity (Wildman–Crippen MR) is 117 cm³/mol. The summed E-state index contributed by atoms with van der Waals surface area (Å²) in [6.45, 7) is 15.8. The topological polar surface area (TPSA) is 42.9 Å². The third-order valence-electron chi connectivity index (χ3n) is 5.55. The fraction of sp³-hybridized carbons (Fsp3) is 0.682. The molecule has 2 N–H and O–H groups in total. The number of hydrogen-bond donors (Lipinski definition) is 2. The second-order valence-electron chi connectivity index (χ2n) is 7.67. The van der Waals surface area contributed by atoms with Crippen LogP contribution in [0.4, 0.5) is 0 Å². The van der Waals surface area contributed by atoms with Crippen LogP contribution in [-0.2, 0) is 0 Å². The average molecular weight is 374 g/mol. The fourth-order valence-corrected chi connectivity index (χ4v) is 3.48. The predicted octanol–water partition coefficient (Wildman–Crippen LogP) is 2.68. The first-order valence-corrected chi connectivity index (χ1v) is 10.6. The molecule has 0 aliphatic carbocycles. The number of likely N-dealkylation sites (N-methyl/N-ethyl adjacent to an activating group) is 1. The quantitative estimate of drug-likeness (QED) is 0.397. The van der Waals surface area contributed by atoms with Crippen molar-refractivity contribution in [1.29, 1.82) is 0 Å². The summed E-state index contributed by atoms with van der Waals surface area (Å²) in [5.74, 6) is 1.37. The van der Waals surface area contributed by atoms with Gasteiger partial charge in [-0.3, -0.25) is 4.99 Å². The molecule has 5 heteroatoms. The first-order valence-electron chi connectivity index (χ1n) is 10.6. The van der Waals surface area contributed by atoms with Gasteiger partial charge in [-0.2, -0.15) is 0 Å². The minimum absolute atomic E-state index is 0.464. The van der Waals surface area contributed by atoms with Crippen LogP contribution in [0.1, 0.15) is 43.7 Å². The Kier molecular flexibility index (Phi) is 9.64. The molecule has 0 aromatic heterocycles. The van der Waals surface area contributed by atoms with Gasteiger partial charge in [0, 0.05) is 46.3 Å². The molecule has 1 saturated heterocycles. The molecule has 1 fully saturated rings. The molecular formula is C22H39N5. The molecular weight excluding hydrogens is 334 g/mol. The van der Waals surface area contributed by atoms with E-state index in [-0.39, 0.29) is 0 Å². The van der Waals surface area contributed by atoms with Crippen molar-refractivity contribution in [2.24, 2.45) is 4.99 Å². The Balaban J connectivity index is 1.57. The highest BCUT2D eigenvalue weighted by atomic mass is 15.3. The van der Waals surface area contributed by atoms with E-state index < -0.39 is 0 Å². The highest BCUT2D eigenvalue weighted by Crippen LogP contribution is 2.14. The summed E-state index contributed by atoms with van der Waals surface area (Å²) in [6.07, 6.45) is 2.43. The number of aryl methyl sites for hydroxylation is 1. The molecule has 2 rings (SSSR count). The number of aliphatic imine (C=N–C) groups is 1. The Morgan fingerprint density at radius 2 is 1.70 bits per heavy atom. The molecule has 0 saturated carbocycles. The minimum Gasteiger partial charge on any atom is -0.356 e. The number of rotatable bonds is 9. The number of piperazine rings is 1. The Hall–Kier alpha value is -1.59. The molecule has 0 radical (unpaired) electrons. The van der Waals surface area contributed by atoms with Gasteiger partial charge in [0.2, 0.25) is 0 Å². The zero-order valence-corrected chi connectivity index (χ0v) is 17.8. The molecule has 5 nitrogen and oxygen atoms in total. The molecule has 1 aliphatic rings. The zero-order chi connectivity index (χ0) is 19.5. The van der Waals surface area contributed by atoms with Crippen LogP contribution in [0, 0.1) is 6.92 Å². The van der Waals surface area contributed by atoms with Gasteiger partial charge in [-0.05, 0) is 44.3 Å². The number of nitrogens with zero attached hydrogens (tertiary/aromatic N) is 3. The average Bonchev–Trinajstić information content (AvgIpc) is 2.70. The van der Waals surface area contributed by atoms with Crippen molar-refractivity contribution in [3.63, 3.8) is 0 Å². The largest absolute Gasteiger partial charge is 0.356 e. The maximum atomic E-state index is 4.35. The van der Waals surface area contributed by atoms with Gasteiger partial charge < -0.3 is 20.4 Å². The first-order chi connectivity index (χ1) is 13.1. The summed E-state index contributed by atoms with van der Waals surface area (Å²) in [4.78, 5) is 9.48. The maximum Gasteiger partial charge on any atom is 0.190 e. The van der Waals surface area contributed by atoms with E-state index >= 15 is 0 Å². The third kappa shape index (κ3) is 7.89. The lowest BCUT2D eigenvalue weighted by Gasteiger charge is -2.34. The van der Waals surface area contributed by atoms with Gasteiger partial charge in [0.05, 0.1) is 0 Å². The summed E-state index contributed by atoms with van der Waals surface area (Å²) < 4.78 is 0. The smallest absolute Gasteiger partial charge is 0.190 e. The highest BCUT2D eigenvalue weighted by Gasteiger charge is 2.14. The third-order valence-corrected chi connectivity index (χ3v) is 5.55. The van der Waals surface area contributed by atoms with E-state index in [1.54, 1.807) is 0 Å². The number of guanidine groups is 1. The molecule has 27 heavy (non-hydrogen) atoms. The number of unbranched alkanes of at least 4 members (excludes halogenated alkanes) is 1. The van der Waals surface area contributed by atoms with Gasteiger partial charge >= 0.3 is 0 Å². The Bertz CT molecular complexity index is 546. The Labute approximate surface area is 166 Å². The van der Waals surface area contributed by atoms with Crippen molar-refractivity contribution in [3.05, 3.63) is 35.4 Å². The van der Waals surface area contributed by atoms with Crippen molar-refractivity contribution >= 4 is 5.96 Å². The van der Waals surface area contributed by atoms with E-state index in [0.717, 1.165) is 19.0 Å². The summed E-state index contributed by atoms with van der Waals surface area (Å²) in [7, 11) is 1.85. The molecule has 0 amide bonds. The molecule has 0 spiro atoms. The Morgan fingerprint density at radius 1 is 1.04 bits per heavy atom. The van der Waals surface area contributed by atoms with Crippen molar-refractivity contribution in [2.45, 2.75) is 39.5 Å². The summed E-state index contributed by atoms with van der Waals surface area (Å²) in [5, 5.41) is 6.91. The number of nitrogens with one attached hydrogen (secondary N) is 2. The van der Waals surface area contributed by atoms with Crippen LogP contribution in [-0.4, -0.2) is 75.2 Å². The first kappa shape index (κ1) is 21.7.